The first-order valence-electron chi connectivity index (χ1n) is 4.94. The van der Waals surface area contributed by atoms with Crippen molar-refractivity contribution in [2.75, 3.05) is 6.54 Å². The number of nitriles is 1. The second-order valence-electron chi connectivity index (χ2n) is 3.81. The van der Waals surface area contributed by atoms with Crippen LogP contribution in [0.25, 0.3) is 0 Å². The van der Waals surface area contributed by atoms with Gasteiger partial charge in [-0.15, -0.1) is 6.42 Å². The molecule has 0 radical (unpaired) electrons. The van der Waals surface area contributed by atoms with Gasteiger partial charge in [0, 0.05) is 6.42 Å². The van der Waals surface area contributed by atoms with Crippen LogP contribution in [0, 0.1) is 29.5 Å². The highest BCUT2D eigenvalue weighted by Crippen LogP contribution is 2.13. The Labute approximate surface area is 95.1 Å². The SMILES string of the molecule is C#CCNC(C)(C#N)Cc1cccc(F)c1. The van der Waals surface area contributed by atoms with Crippen molar-refractivity contribution in [1.82, 2.24) is 5.32 Å². The van der Waals surface area contributed by atoms with Gasteiger partial charge in [0.05, 0.1) is 12.6 Å². The van der Waals surface area contributed by atoms with Crippen molar-refractivity contribution in [1.29, 1.82) is 5.26 Å². The van der Waals surface area contributed by atoms with Crippen LogP contribution in [0.15, 0.2) is 24.3 Å². The molecule has 0 spiro atoms. The maximum Gasteiger partial charge on any atom is 0.123 e. The molecule has 0 aliphatic carbocycles. The number of nitrogens with one attached hydrogen (secondary N) is 1. The van der Waals surface area contributed by atoms with Crippen LogP contribution in [0.3, 0.4) is 0 Å². The molecule has 82 valence electrons. The summed E-state index contributed by atoms with van der Waals surface area (Å²) in [6, 6.07) is 8.37. The maximum absolute atomic E-state index is 13.0. The standard InChI is InChI=1S/C13H13FN2/c1-3-7-16-13(2,10-15)9-11-5-4-6-12(14)8-11/h1,4-6,8,16H,7,9H2,2H3. The molecule has 0 aliphatic rings. The fourth-order valence-corrected chi connectivity index (χ4v) is 1.44. The number of hydrogen-bond donors (Lipinski definition) is 1. The summed E-state index contributed by atoms with van der Waals surface area (Å²) in [4.78, 5) is 0. The Morgan fingerprint density at radius 1 is 1.56 bits per heavy atom. The molecule has 0 aliphatic heterocycles. The average molecular weight is 216 g/mol. The van der Waals surface area contributed by atoms with E-state index in [2.05, 4.69) is 17.3 Å². The smallest absolute Gasteiger partial charge is 0.123 e. The van der Waals surface area contributed by atoms with Crippen molar-refractivity contribution in [2.24, 2.45) is 0 Å². The van der Waals surface area contributed by atoms with Crippen LogP contribution < -0.4 is 5.32 Å². The van der Waals surface area contributed by atoms with Crippen LogP contribution in [-0.4, -0.2) is 12.1 Å². The van der Waals surface area contributed by atoms with Gasteiger partial charge in [-0.3, -0.25) is 5.32 Å². The summed E-state index contributed by atoms with van der Waals surface area (Å²) in [5, 5.41) is 12.0. The highest BCUT2D eigenvalue weighted by atomic mass is 19.1. The van der Waals surface area contributed by atoms with Crippen molar-refractivity contribution >= 4 is 0 Å². The van der Waals surface area contributed by atoms with Gasteiger partial charge in [0.1, 0.15) is 11.4 Å². The predicted octanol–water partition coefficient (Wildman–Crippen LogP) is 1.87. The normalized spacial score (nSPS) is 13.5. The molecule has 1 aromatic carbocycles. The zero-order valence-corrected chi connectivity index (χ0v) is 9.13. The van der Waals surface area contributed by atoms with E-state index in [1.165, 1.54) is 12.1 Å². The number of hydrogen-bond acceptors (Lipinski definition) is 2. The summed E-state index contributed by atoms with van der Waals surface area (Å²) in [5.74, 6) is 2.12. The summed E-state index contributed by atoms with van der Waals surface area (Å²) in [6.45, 7) is 2.06. The minimum absolute atomic E-state index is 0.297. The molecule has 0 saturated carbocycles. The van der Waals surface area contributed by atoms with E-state index >= 15 is 0 Å². The zero-order chi connectivity index (χ0) is 12.0. The van der Waals surface area contributed by atoms with E-state index in [-0.39, 0.29) is 5.82 Å². The lowest BCUT2D eigenvalue weighted by molar-refractivity contribution is 0.470. The van der Waals surface area contributed by atoms with E-state index in [0.29, 0.717) is 13.0 Å². The molecule has 1 unspecified atom stereocenters. The molecule has 2 nitrogen and oxygen atoms in total. The van der Waals surface area contributed by atoms with Crippen LogP contribution in [0.4, 0.5) is 4.39 Å². The number of rotatable bonds is 4. The summed E-state index contributed by atoms with van der Waals surface area (Å²) in [5.41, 5.74) is 0.00810. The van der Waals surface area contributed by atoms with Crippen molar-refractivity contribution in [3.05, 3.63) is 35.6 Å². The first-order chi connectivity index (χ1) is 7.59. The average Bonchev–Trinajstić information content (AvgIpc) is 2.26. The van der Waals surface area contributed by atoms with Crippen LogP contribution in [-0.2, 0) is 6.42 Å². The Morgan fingerprint density at radius 2 is 2.31 bits per heavy atom. The summed E-state index contributed by atoms with van der Waals surface area (Å²) >= 11 is 0. The Hall–Kier alpha value is -1.84. The van der Waals surface area contributed by atoms with E-state index < -0.39 is 5.54 Å². The van der Waals surface area contributed by atoms with Gasteiger partial charge in [-0.05, 0) is 24.6 Å². The van der Waals surface area contributed by atoms with Gasteiger partial charge in [0.2, 0.25) is 0 Å². The molecule has 0 saturated heterocycles. The third-order valence-electron chi connectivity index (χ3n) is 2.27. The fourth-order valence-electron chi connectivity index (χ4n) is 1.44. The van der Waals surface area contributed by atoms with Crippen molar-refractivity contribution in [3.63, 3.8) is 0 Å². The van der Waals surface area contributed by atoms with Gasteiger partial charge < -0.3 is 0 Å². The van der Waals surface area contributed by atoms with Gasteiger partial charge >= 0.3 is 0 Å². The Morgan fingerprint density at radius 3 is 2.88 bits per heavy atom. The lowest BCUT2D eigenvalue weighted by Crippen LogP contribution is -2.43. The molecule has 1 rings (SSSR count). The highest BCUT2D eigenvalue weighted by molar-refractivity contribution is 5.22. The van der Waals surface area contributed by atoms with Gasteiger partial charge in [-0.1, -0.05) is 18.1 Å². The molecule has 0 aromatic heterocycles. The molecule has 3 heteroatoms. The van der Waals surface area contributed by atoms with E-state index in [4.69, 9.17) is 11.7 Å². The van der Waals surface area contributed by atoms with Crippen LogP contribution in [0.1, 0.15) is 12.5 Å². The minimum atomic E-state index is -0.764. The fraction of sp³-hybridized carbons (Fsp3) is 0.308. The molecule has 0 amide bonds. The van der Waals surface area contributed by atoms with Crippen molar-refractivity contribution in [2.45, 2.75) is 18.9 Å². The van der Waals surface area contributed by atoms with Crippen molar-refractivity contribution in [3.8, 4) is 18.4 Å². The van der Waals surface area contributed by atoms with Crippen LogP contribution in [0.2, 0.25) is 0 Å². The first-order valence-corrected chi connectivity index (χ1v) is 4.94. The first kappa shape index (κ1) is 12.2. The number of nitrogens with zero attached hydrogens (tertiary/aromatic N) is 1. The molecule has 1 atom stereocenters. The lowest BCUT2D eigenvalue weighted by atomic mass is 9.94. The Kier molecular flexibility index (Phi) is 4.05. The molecule has 1 N–H and O–H groups in total. The van der Waals surface area contributed by atoms with Crippen LogP contribution in [0.5, 0.6) is 0 Å². The second-order valence-corrected chi connectivity index (χ2v) is 3.81. The van der Waals surface area contributed by atoms with E-state index in [9.17, 15) is 4.39 Å². The third-order valence-corrected chi connectivity index (χ3v) is 2.27. The number of terminal acetylenes is 1. The Bertz CT molecular complexity index is 442. The van der Waals surface area contributed by atoms with E-state index in [0.717, 1.165) is 5.56 Å². The lowest BCUT2D eigenvalue weighted by Gasteiger charge is -2.22. The predicted molar refractivity (Wildman–Crippen MR) is 61.0 cm³/mol. The second kappa shape index (κ2) is 5.30. The molecule has 16 heavy (non-hydrogen) atoms. The molecule has 0 fully saturated rings. The molecular weight excluding hydrogens is 203 g/mol. The molecule has 0 heterocycles. The Balaban J connectivity index is 2.78. The van der Waals surface area contributed by atoms with E-state index in [1.54, 1.807) is 19.1 Å². The minimum Gasteiger partial charge on any atom is -0.288 e. The van der Waals surface area contributed by atoms with Gasteiger partial charge in [0.15, 0.2) is 0 Å². The third kappa shape index (κ3) is 3.38. The topological polar surface area (TPSA) is 35.8 Å². The zero-order valence-electron chi connectivity index (χ0n) is 9.13. The van der Waals surface area contributed by atoms with Gasteiger partial charge in [-0.25, -0.2) is 4.39 Å². The maximum atomic E-state index is 13.0. The molecule has 0 bridgehead atoms. The van der Waals surface area contributed by atoms with Crippen molar-refractivity contribution < 1.29 is 4.39 Å². The summed E-state index contributed by atoms with van der Waals surface area (Å²) in [7, 11) is 0. The molecule has 1 aromatic rings. The highest BCUT2D eigenvalue weighted by Gasteiger charge is 2.23. The number of benzene rings is 1. The quantitative estimate of drug-likeness (QED) is 0.780. The molecular formula is C13H13FN2. The van der Waals surface area contributed by atoms with E-state index in [1.807, 2.05) is 0 Å². The van der Waals surface area contributed by atoms with Gasteiger partial charge in [0.25, 0.3) is 0 Å². The van der Waals surface area contributed by atoms with Gasteiger partial charge in [-0.2, -0.15) is 5.26 Å². The number of halogens is 1. The summed E-state index contributed by atoms with van der Waals surface area (Å²) in [6.07, 6.45) is 5.55. The van der Waals surface area contributed by atoms with Crippen LogP contribution >= 0.6 is 0 Å². The monoisotopic (exact) mass is 216 g/mol. The summed E-state index contributed by atoms with van der Waals surface area (Å²) < 4.78 is 13.0. The largest absolute Gasteiger partial charge is 0.288 e.